The summed E-state index contributed by atoms with van der Waals surface area (Å²) in [5.74, 6) is -0.300. The van der Waals surface area contributed by atoms with Gasteiger partial charge in [-0.2, -0.15) is 0 Å². The zero-order valence-electron chi connectivity index (χ0n) is 7.43. The van der Waals surface area contributed by atoms with Crippen molar-refractivity contribution in [3.05, 3.63) is 0 Å². The van der Waals surface area contributed by atoms with Crippen molar-refractivity contribution in [2.75, 3.05) is 13.1 Å². The molecule has 12 heavy (non-hydrogen) atoms. The molecule has 1 amide bonds. The molecule has 3 N–H and O–H groups in total. The molecule has 0 aromatic carbocycles. The number of hydrogen-bond acceptors (Lipinski definition) is 3. The smallest absolute Gasteiger partial charge is 0.227 e. The average molecular weight is 172 g/mol. The SMILES string of the molecule is CC(=O)CC(=O)NCCCCN. The average Bonchev–Trinajstić information content (AvgIpc) is 1.97. The fourth-order valence-corrected chi connectivity index (χ4v) is 0.786. The van der Waals surface area contributed by atoms with Crippen LogP contribution in [0.5, 0.6) is 0 Å². The molecular formula is C8H16N2O2. The highest BCUT2D eigenvalue weighted by molar-refractivity contribution is 5.96. The van der Waals surface area contributed by atoms with Crippen LogP contribution < -0.4 is 11.1 Å². The van der Waals surface area contributed by atoms with Gasteiger partial charge in [0.15, 0.2) is 0 Å². The van der Waals surface area contributed by atoms with Crippen molar-refractivity contribution in [1.29, 1.82) is 0 Å². The third-order valence-corrected chi connectivity index (χ3v) is 1.36. The molecule has 0 saturated carbocycles. The zero-order valence-corrected chi connectivity index (χ0v) is 7.43. The maximum Gasteiger partial charge on any atom is 0.227 e. The van der Waals surface area contributed by atoms with E-state index in [4.69, 9.17) is 5.73 Å². The van der Waals surface area contributed by atoms with Crippen molar-refractivity contribution in [3.8, 4) is 0 Å². The van der Waals surface area contributed by atoms with Crippen LogP contribution in [0, 0.1) is 0 Å². The minimum absolute atomic E-state index is 0.0113. The largest absolute Gasteiger partial charge is 0.356 e. The second kappa shape index (κ2) is 6.79. The topological polar surface area (TPSA) is 72.2 Å². The Morgan fingerprint density at radius 1 is 1.33 bits per heavy atom. The quantitative estimate of drug-likeness (QED) is 0.431. The molecule has 4 heteroatoms. The molecule has 0 aliphatic heterocycles. The Kier molecular flexibility index (Phi) is 6.28. The van der Waals surface area contributed by atoms with E-state index in [1.54, 1.807) is 0 Å². The van der Waals surface area contributed by atoms with Gasteiger partial charge >= 0.3 is 0 Å². The van der Waals surface area contributed by atoms with Crippen molar-refractivity contribution < 1.29 is 9.59 Å². The summed E-state index contributed by atoms with van der Waals surface area (Å²) in [6.07, 6.45) is 1.77. The van der Waals surface area contributed by atoms with Gasteiger partial charge in [0.05, 0.1) is 6.42 Å². The van der Waals surface area contributed by atoms with Gasteiger partial charge in [-0.25, -0.2) is 0 Å². The molecule has 0 bridgehead atoms. The van der Waals surface area contributed by atoms with E-state index in [1.165, 1.54) is 6.92 Å². The Morgan fingerprint density at radius 2 is 2.00 bits per heavy atom. The van der Waals surface area contributed by atoms with Crippen LogP contribution in [0.15, 0.2) is 0 Å². The van der Waals surface area contributed by atoms with Crippen molar-refractivity contribution in [2.24, 2.45) is 5.73 Å². The lowest BCUT2D eigenvalue weighted by Crippen LogP contribution is -2.26. The first-order valence-corrected chi connectivity index (χ1v) is 4.13. The number of carbonyl (C=O) groups is 2. The number of rotatable bonds is 6. The van der Waals surface area contributed by atoms with Crippen molar-refractivity contribution in [1.82, 2.24) is 5.32 Å². The zero-order chi connectivity index (χ0) is 9.40. The minimum atomic E-state index is -0.195. The molecule has 0 saturated heterocycles. The number of carbonyl (C=O) groups excluding carboxylic acids is 2. The molecular weight excluding hydrogens is 156 g/mol. The van der Waals surface area contributed by atoms with Crippen molar-refractivity contribution in [3.63, 3.8) is 0 Å². The van der Waals surface area contributed by atoms with Crippen LogP contribution in [-0.2, 0) is 9.59 Å². The molecule has 0 fully saturated rings. The van der Waals surface area contributed by atoms with E-state index in [2.05, 4.69) is 5.32 Å². The maximum atomic E-state index is 10.9. The summed E-state index contributed by atoms with van der Waals surface area (Å²) >= 11 is 0. The standard InChI is InChI=1S/C8H16N2O2/c1-7(11)6-8(12)10-5-3-2-4-9/h2-6,9H2,1H3,(H,10,12). The number of hydrogen-bond donors (Lipinski definition) is 2. The predicted octanol–water partition coefficient (Wildman–Crippen LogP) is -0.179. The van der Waals surface area contributed by atoms with Crippen LogP contribution in [-0.4, -0.2) is 24.8 Å². The number of amides is 1. The Labute approximate surface area is 72.5 Å². The van der Waals surface area contributed by atoms with E-state index in [0.717, 1.165) is 12.8 Å². The Balaban J connectivity index is 3.26. The van der Waals surface area contributed by atoms with Gasteiger partial charge < -0.3 is 11.1 Å². The first-order chi connectivity index (χ1) is 5.66. The summed E-state index contributed by atoms with van der Waals surface area (Å²) in [4.78, 5) is 21.3. The van der Waals surface area contributed by atoms with E-state index in [1.807, 2.05) is 0 Å². The van der Waals surface area contributed by atoms with E-state index in [0.29, 0.717) is 13.1 Å². The minimum Gasteiger partial charge on any atom is -0.356 e. The third kappa shape index (κ3) is 7.21. The van der Waals surface area contributed by atoms with Crippen molar-refractivity contribution >= 4 is 11.7 Å². The lowest BCUT2D eigenvalue weighted by Gasteiger charge is -2.01. The normalized spacial score (nSPS) is 9.50. The third-order valence-electron chi connectivity index (χ3n) is 1.36. The van der Waals surface area contributed by atoms with Gasteiger partial charge in [-0.3, -0.25) is 9.59 Å². The lowest BCUT2D eigenvalue weighted by atomic mass is 10.3. The van der Waals surface area contributed by atoms with E-state index >= 15 is 0 Å². The molecule has 70 valence electrons. The van der Waals surface area contributed by atoms with Gasteiger partial charge in [0, 0.05) is 6.54 Å². The summed E-state index contributed by atoms with van der Waals surface area (Å²) in [6.45, 7) is 2.66. The van der Waals surface area contributed by atoms with Gasteiger partial charge in [0.25, 0.3) is 0 Å². The van der Waals surface area contributed by atoms with Gasteiger partial charge in [-0.15, -0.1) is 0 Å². The second-order valence-electron chi connectivity index (χ2n) is 2.72. The number of Topliss-reactive ketones (excluding diaryl/α,β-unsaturated/α-hetero) is 1. The van der Waals surface area contributed by atoms with Crippen LogP contribution in [0.2, 0.25) is 0 Å². The highest BCUT2D eigenvalue weighted by Gasteiger charge is 2.02. The molecule has 0 aliphatic rings. The number of unbranched alkanes of at least 4 members (excludes halogenated alkanes) is 1. The molecule has 0 atom stereocenters. The molecule has 0 rings (SSSR count). The number of nitrogens with one attached hydrogen (secondary N) is 1. The molecule has 0 heterocycles. The first kappa shape index (κ1) is 11.1. The first-order valence-electron chi connectivity index (χ1n) is 4.13. The lowest BCUT2D eigenvalue weighted by molar-refractivity contribution is -0.127. The van der Waals surface area contributed by atoms with Crippen molar-refractivity contribution in [2.45, 2.75) is 26.2 Å². The summed E-state index contributed by atoms with van der Waals surface area (Å²) in [5, 5.41) is 2.63. The van der Waals surface area contributed by atoms with Gasteiger partial charge in [-0.1, -0.05) is 0 Å². The summed E-state index contributed by atoms with van der Waals surface area (Å²) in [7, 11) is 0. The molecule has 0 spiro atoms. The molecule has 0 radical (unpaired) electrons. The fourth-order valence-electron chi connectivity index (χ4n) is 0.786. The van der Waals surface area contributed by atoms with Crippen LogP contribution >= 0.6 is 0 Å². The Bertz CT molecular complexity index is 157. The molecule has 0 aliphatic carbocycles. The fraction of sp³-hybridized carbons (Fsp3) is 0.750. The molecule has 0 unspecified atom stereocenters. The van der Waals surface area contributed by atoms with E-state index in [-0.39, 0.29) is 18.1 Å². The Morgan fingerprint density at radius 3 is 2.50 bits per heavy atom. The Hall–Kier alpha value is -0.900. The van der Waals surface area contributed by atoms with Crippen LogP contribution in [0.4, 0.5) is 0 Å². The van der Waals surface area contributed by atoms with E-state index in [9.17, 15) is 9.59 Å². The van der Waals surface area contributed by atoms with Gasteiger partial charge in [0.2, 0.25) is 5.91 Å². The maximum absolute atomic E-state index is 10.9. The summed E-state index contributed by atoms with van der Waals surface area (Å²) < 4.78 is 0. The molecule has 4 nitrogen and oxygen atoms in total. The predicted molar refractivity (Wildman–Crippen MR) is 46.6 cm³/mol. The van der Waals surface area contributed by atoms with Gasteiger partial charge in [-0.05, 0) is 26.3 Å². The van der Waals surface area contributed by atoms with E-state index < -0.39 is 0 Å². The highest BCUT2D eigenvalue weighted by atomic mass is 16.2. The van der Waals surface area contributed by atoms with Crippen LogP contribution in [0.1, 0.15) is 26.2 Å². The molecule has 0 aromatic heterocycles. The van der Waals surface area contributed by atoms with Gasteiger partial charge in [0.1, 0.15) is 5.78 Å². The number of nitrogens with two attached hydrogens (primary N) is 1. The van der Waals surface area contributed by atoms with Crippen LogP contribution in [0.25, 0.3) is 0 Å². The second-order valence-corrected chi connectivity index (χ2v) is 2.72. The monoisotopic (exact) mass is 172 g/mol. The summed E-state index contributed by atoms with van der Waals surface area (Å²) in [6, 6.07) is 0. The van der Waals surface area contributed by atoms with Crippen LogP contribution in [0.3, 0.4) is 0 Å². The highest BCUT2D eigenvalue weighted by Crippen LogP contribution is 1.85. The molecule has 0 aromatic rings. The summed E-state index contributed by atoms with van der Waals surface area (Å²) in [5.41, 5.74) is 5.26. The number of ketones is 1.